The number of benzene rings is 1. The Morgan fingerprint density at radius 2 is 1.85 bits per heavy atom. The highest BCUT2D eigenvalue weighted by Crippen LogP contribution is 2.25. The highest BCUT2D eigenvalue weighted by Gasteiger charge is 2.20. The van der Waals surface area contributed by atoms with Crippen molar-refractivity contribution in [3.8, 4) is 11.5 Å². The minimum atomic E-state index is 0. The Bertz CT molecular complexity index is 587. The van der Waals surface area contributed by atoms with Crippen LogP contribution in [-0.2, 0) is 6.54 Å². The van der Waals surface area contributed by atoms with Crippen LogP contribution in [-0.4, -0.2) is 69.8 Å². The molecule has 1 fully saturated rings. The van der Waals surface area contributed by atoms with Crippen molar-refractivity contribution < 1.29 is 9.47 Å². The standard InChI is InChI=1S/C20H34N4O2.HI/c1-16(2)8-9-22-20(21-3)24-12-10-23(11-13-24)15-17-14-18(25-4)6-7-19(17)26-5;/h6-7,14,16H,8-13,15H2,1-5H3,(H,21,22);1H. The van der Waals surface area contributed by atoms with E-state index in [4.69, 9.17) is 9.47 Å². The van der Waals surface area contributed by atoms with Crippen LogP contribution >= 0.6 is 24.0 Å². The second-order valence-electron chi connectivity index (χ2n) is 7.10. The van der Waals surface area contributed by atoms with E-state index in [0.29, 0.717) is 5.92 Å². The molecule has 6 nitrogen and oxygen atoms in total. The number of rotatable bonds is 7. The molecular formula is C20H35IN4O2. The van der Waals surface area contributed by atoms with Gasteiger partial charge in [0.1, 0.15) is 11.5 Å². The molecule has 1 N–H and O–H groups in total. The number of hydrogen-bond acceptors (Lipinski definition) is 4. The first-order valence-electron chi connectivity index (χ1n) is 9.46. The number of nitrogens with zero attached hydrogens (tertiary/aromatic N) is 3. The van der Waals surface area contributed by atoms with E-state index in [9.17, 15) is 0 Å². The third-order valence-corrected chi connectivity index (χ3v) is 4.77. The Kier molecular flexibility index (Phi) is 10.8. The highest BCUT2D eigenvalue weighted by atomic mass is 127. The summed E-state index contributed by atoms with van der Waals surface area (Å²) in [7, 11) is 5.28. The minimum Gasteiger partial charge on any atom is -0.497 e. The summed E-state index contributed by atoms with van der Waals surface area (Å²) in [6.07, 6.45) is 1.16. The van der Waals surface area contributed by atoms with Crippen molar-refractivity contribution in [1.29, 1.82) is 0 Å². The fourth-order valence-electron chi connectivity index (χ4n) is 3.17. The summed E-state index contributed by atoms with van der Waals surface area (Å²) < 4.78 is 10.9. The number of hydrogen-bond donors (Lipinski definition) is 1. The van der Waals surface area contributed by atoms with Gasteiger partial charge in [0.2, 0.25) is 0 Å². The number of nitrogens with one attached hydrogen (secondary N) is 1. The summed E-state index contributed by atoms with van der Waals surface area (Å²) in [5, 5.41) is 3.49. The molecule has 0 bridgehead atoms. The van der Waals surface area contributed by atoms with Crippen molar-refractivity contribution in [2.45, 2.75) is 26.8 Å². The smallest absolute Gasteiger partial charge is 0.193 e. The van der Waals surface area contributed by atoms with Crippen LogP contribution in [0.3, 0.4) is 0 Å². The summed E-state index contributed by atoms with van der Waals surface area (Å²) in [6.45, 7) is 10.3. The van der Waals surface area contributed by atoms with E-state index in [0.717, 1.165) is 63.1 Å². The zero-order valence-corrected chi connectivity index (χ0v) is 19.7. The van der Waals surface area contributed by atoms with Crippen LogP contribution in [0.2, 0.25) is 0 Å². The van der Waals surface area contributed by atoms with Gasteiger partial charge in [0.05, 0.1) is 14.2 Å². The number of piperazine rings is 1. The van der Waals surface area contributed by atoms with Gasteiger partial charge in [-0.05, 0) is 30.5 Å². The fraction of sp³-hybridized carbons (Fsp3) is 0.650. The van der Waals surface area contributed by atoms with E-state index in [1.807, 2.05) is 19.2 Å². The van der Waals surface area contributed by atoms with E-state index < -0.39 is 0 Å². The first kappa shape index (κ1) is 23.8. The van der Waals surface area contributed by atoms with Gasteiger partial charge in [-0.15, -0.1) is 24.0 Å². The highest BCUT2D eigenvalue weighted by molar-refractivity contribution is 14.0. The Labute approximate surface area is 181 Å². The van der Waals surface area contributed by atoms with Crippen LogP contribution in [0.1, 0.15) is 25.8 Å². The predicted molar refractivity (Wildman–Crippen MR) is 123 cm³/mol. The lowest BCUT2D eigenvalue weighted by Gasteiger charge is -2.36. The van der Waals surface area contributed by atoms with Crippen molar-refractivity contribution in [3.63, 3.8) is 0 Å². The SMILES string of the molecule is CN=C(NCCC(C)C)N1CCN(Cc2cc(OC)ccc2OC)CC1.I. The van der Waals surface area contributed by atoms with E-state index in [2.05, 4.69) is 40.0 Å². The third kappa shape index (κ3) is 7.37. The van der Waals surface area contributed by atoms with Gasteiger partial charge in [-0.1, -0.05) is 13.8 Å². The van der Waals surface area contributed by atoms with Crippen molar-refractivity contribution >= 4 is 29.9 Å². The van der Waals surface area contributed by atoms with Crippen LogP contribution in [0.5, 0.6) is 11.5 Å². The summed E-state index contributed by atoms with van der Waals surface area (Å²) in [5.74, 6) is 3.51. The van der Waals surface area contributed by atoms with Crippen LogP contribution in [0.25, 0.3) is 0 Å². The Hall–Kier alpha value is -1.22. The van der Waals surface area contributed by atoms with Gasteiger partial charge in [0.25, 0.3) is 0 Å². The molecule has 7 heteroatoms. The molecule has 1 aromatic carbocycles. The summed E-state index contributed by atoms with van der Waals surface area (Å²) >= 11 is 0. The van der Waals surface area contributed by atoms with Crippen molar-refractivity contribution in [3.05, 3.63) is 23.8 Å². The molecule has 0 atom stereocenters. The quantitative estimate of drug-likeness (QED) is 0.362. The van der Waals surface area contributed by atoms with Crippen molar-refractivity contribution in [1.82, 2.24) is 15.1 Å². The molecule has 0 aliphatic carbocycles. The Morgan fingerprint density at radius 3 is 2.41 bits per heavy atom. The van der Waals surface area contributed by atoms with E-state index in [1.54, 1.807) is 14.2 Å². The largest absolute Gasteiger partial charge is 0.497 e. The lowest BCUT2D eigenvalue weighted by atomic mass is 10.1. The third-order valence-electron chi connectivity index (χ3n) is 4.77. The first-order valence-corrected chi connectivity index (χ1v) is 9.46. The van der Waals surface area contributed by atoms with Crippen molar-refractivity contribution in [2.24, 2.45) is 10.9 Å². The lowest BCUT2D eigenvalue weighted by Crippen LogP contribution is -2.52. The molecule has 1 saturated heterocycles. The average molecular weight is 490 g/mol. The minimum absolute atomic E-state index is 0. The Morgan fingerprint density at radius 1 is 1.15 bits per heavy atom. The maximum absolute atomic E-state index is 5.50. The topological polar surface area (TPSA) is 49.3 Å². The van der Waals surface area contributed by atoms with E-state index in [-0.39, 0.29) is 24.0 Å². The number of ether oxygens (including phenoxy) is 2. The van der Waals surface area contributed by atoms with E-state index in [1.165, 1.54) is 5.56 Å². The molecule has 1 aliphatic heterocycles. The predicted octanol–water partition coefficient (Wildman–Crippen LogP) is 3.06. The average Bonchev–Trinajstić information content (AvgIpc) is 2.66. The molecule has 0 saturated carbocycles. The molecule has 1 aliphatic rings. The molecule has 0 aromatic heterocycles. The van der Waals surface area contributed by atoms with Gasteiger partial charge in [-0.25, -0.2) is 0 Å². The molecular weight excluding hydrogens is 455 g/mol. The number of guanidine groups is 1. The van der Waals surface area contributed by atoms with Gasteiger partial charge in [-0.3, -0.25) is 9.89 Å². The number of halogens is 1. The molecule has 0 spiro atoms. The van der Waals surface area contributed by atoms with Gasteiger partial charge in [0.15, 0.2) is 5.96 Å². The van der Waals surface area contributed by atoms with E-state index >= 15 is 0 Å². The molecule has 27 heavy (non-hydrogen) atoms. The summed E-state index contributed by atoms with van der Waals surface area (Å²) in [4.78, 5) is 9.24. The molecule has 0 amide bonds. The van der Waals surface area contributed by atoms with Crippen LogP contribution in [0.4, 0.5) is 0 Å². The van der Waals surface area contributed by atoms with Crippen molar-refractivity contribution in [2.75, 3.05) is 54.0 Å². The maximum atomic E-state index is 5.50. The summed E-state index contributed by atoms with van der Waals surface area (Å²) in [6, 6.07) is 5.98. The Balaban J connectivity index is 0.00000364. The number of methoxy groups -OCH3 is 2. The van der Waals surface area contributed by atoms with Gasteiger partial charge >= 0.3 is 0 Å². The lowest BCUT2D eigenvalue weighted by molar-refractivity contribution is 0.171. The van der Waals surface area contributed by atoms with Gasteiger partial charge in [-0.2, -0.15) is 0 Å². The normalized spacial score (nSPS) is 15.5. The summed E-state index contributed by atoms with van der Waals surface area (Å²) in [5.41, 5.74) is 1.17. The zero-order valence-electron chi connectivity index (χ0n) is 17.3. The van der Waals surface area contributed by atoms with Gasteiger partial charge < -0.3 is 19.7 Å². The molecule has 0 radical (unpaired) electrons. The second-order valence-corrected chi connectivity index (χ2v) is 7.10. The fourth-order valence-corrected chi connectivity index (χ4v) is 3.17. The van der Waals surface area contributed by atoms with Gasteiger partial charge in [0, 0.05) is 51.9 Å². The molecule has 154 valence electrons. The van der Waals surface area contributed by atoms with Crippen LogP contribution < -0.4 is 14.8 Å². The second kappa shape index (κ2) is 12.3. The maximum Gasteiger partial charge on any atom is 0.193 e. The van der Waals surface area contributed by atoms with Crippen LogP contribution in [0, 0.1) is 5.92 Å². The zero-order chi connectivity index (χ0) is 18.9. The molecule has 2 rings (SSSR count). The first-order chi connectivity index (χ1) is 12.6. The molecule has 1 heterocycles. The monoisotopic (exact) mass is 490 g/mol. The number of aliphatic imine (C=N–C) groups is 1. The van der Waals surface area contributed by atoms with Crippen LogP contribution in [0.15, 0.2) is 23.2 Å². The molecule has 1 aromatic rings. The molecule has 0 unspecified atom stereocenters.